The summed E-state index contributed by atoms with van der Waals surface area (Å²) in [6.45, 7) is 9.81. The third kappa shape index (κ3) is 4.72. The number of hydrogen-bond acceptors (Lipinski definition) is 2. The lowest BCUT2D eigenvalue weighted by atomic mass is 9.83. The van der Waals surface area contributed by atoms with Gasteiger partial charge < -0.3 is 10.6 Å². The van der Waals surface area contributed by atoms with Crippen LogP contribution in [-0.4, -0.2) is 17.4 Å². The molecule has 2 rings (SSSR count). The van der Waals surface area contributed by atoms with Gasteiger partial charge in [-0.05, 0) is 63.9 Å². The molecule has 0 bridgehead atoms. The smallest absolute Gasteiger partial charge is 0.251 e. The fourth-order valence-electron chi connectivity index (χ4n) is 2.45. The first-order valence-corrected chi connectivity index (χ1v) is 8.95. The monoisotopic (exact) mass is 352 g/mol. The molecule has 2 aromatic rings. The van der Waals surface area contributed by atoms with Crippen LogP contribution in [-0.2, 0) is 10.2 Å². The molecule has 0 aliphatic heterocycles. The van der Waals surface area contributed by atoms with Gasteiger partial charge in [0.2, 0.25) is 5.91 Å². The lowest BCUT2D eigenvalue weighted by Crippen LogP contribution is -2.42. The summed E-state index contributed by atoms with van der Waals surface area (Å²) >= 11 is 0. The lowest BCUT2D eigenvalue weighted by Gasteiger charge is -2.25. The van der Waals surface area contributed by atoms with Crippen molar-refractivity contribution >= 4 is 17.5 Å². The van der Waals surface area contributed by atoms with Crippen LogP contribution < -0.4 is 10.6 Å². The first kappa shape index (κ1) is 19.7. The first-order valence-electron chi connectivity index (χ1n) is 8.95. The van der Waals surface area contributed by atoms with Crippen LogP contribution in [0.1, 0.15) is 57.0 Å². The van der Waals surface area contributed by atoms with Gasteiger partial charge in [0.1, 0.15) is 0 Å². The van der Waals surface area contributed by atoms with Crippen LogP contribution in [0.25, 0.3) is 0 Å². The maximum atomic E-state index is 12.7. The summed E-state index contributed by atoms with van der Waals surface area (Å²) in [6, 6.07) is 16.6. The van der Waals surface area contributed by atoms with Crippen molar-refractivity contribution in [3.63, 3.8) is 0 Å². The standard InChI is InChI=1S/C22H28N2O2/c1-6-21(2,3)24-19(25)16-12-14-18(15-13-16)23-20(26)22(4,5)17-10-8-7-9-11-17/h7-15H,6H2,1-5H3,(H,23,26)(H,24,25). The molecule has 26 heavy (non-hydrogen) atoms. The number of amides is 2. The Hall–Kier alpha value is -2.62. The molecule has 0 fully saturated rings. The second kappa shape index (κ2) is 7.73. The van der Waals surface area contributed by atoms with Gasteiger partial charge in [-0.15, -0.1) is 0 Å². The van der Waals surface area contributed by atoms with E-state index in [-0.39, 0.29) is 17.4 Å². The van der Waals surface area contributed by atoms with E-state index in [1.807, 2.05) is 65.0 Å². The van der Waals surface area contributed by atoms with Gasteiger partial charge in [-0.25, -0.2) is 0 Å². The van der Waals surface area contributed by atoms with Crippen molar-refractivity contribution < 1.29 is 9.59 Å². The highest BCUT2D eigenvalue weighted by Gasteiger charge is 2.29. The summed E-state index contributed by atoms with van der Waals surface area (Å²) in [5.74, 6) is -0.202. The summed E-state index contributed by atoms with van der Waals surface area (Å²) in [5, 5.41) is 5.94. The molecule has 2 amide bonds. The van der Waals surface area contributed by atoms with Gasteiger partial charge in [0.15, 0.2) is 0 Å². The third-order valence-electron chi connectivity index (χ3n) is 4.80. The molecule has 0 aliphatic rings. The highest BCUT2D eigenvalue weighted by atomic mass is 16.2. The normalized spacial score (nSPS) is 11.7. The molecule has 0 radical (unpaired) electrons. The minimum absolute atomic E-state index is 0.0898. The zero-order valence-electron chi connectivity index (χ0n) is 16.2. The molecular formula is C22H28N2O2. The number of nitrogens with one attached hydrogen (secondary N) is 2. The van der Waals surface area contributed by atoms with Crippen molar-refractivity contribution in [1.29, 1.82) is 0 Å². The van der Waals surface area contributed by atoms with Crippen LogP contribution in [0.5, 0.6) is 0 Å². The van der Waals surface area contributed by atoms with Crippen LogP contribution in [0.4, 0.5) is 5.69 Å². The zero-order valence-corrected chi connectivity index (χ0v) is 16.2. The highest BCUT2D eigenvalue weighted by molar-refractivity contribution is 5.99. The third-order valence-corrected chi connectivity index (χ3v) is 4.80. The Morgan fingerprint density at radius 2 is 1.46 bits per heavy atom. The number of carbonyl (C=O) groups excluding carboxylic acids is 2. The number of benzene rings is 2. The number of hydrogen-bond donors (Lipinski definition) is 2. The predicted octanol–water partition coefficient (Wildman–Crippen LogP) is 4.52. The summed E-state index contributed by atoms with van der Waals surface area (Å²) < 4.78 is 0. The molecule has 4 heteroatoms. The Bertz CT molecular complexity index is 762. The molecule has 0 atom stereocenters. The van der Waals surface area contributed by atoms with Gasteiger partial charge in [0.05, 0.1) is 5.41 Å². The van der Waals surface area contributed by atoms with Gasteiger partial charge in [-0.1, -0.05) is 37.3 Å². The van der Waals surface area contributed by atoms with Crippen molar-refractivity contribution in [1.82, 2.24) is 5.32 Å². The topological polar surface area (TPSA) is 58.2 Å². The minimum atomic E-state index is -0.650. The van der Waals surface area contributed by atoms with E-state index in [1.54, 1.807) is 24.3 Å². The van der Waals surface area contributed by atoms with Crippen molar-refractivity contribution in [3.05, 3.63) is 65.7 Å². The van der Waals surface area contributed by atoms with Crippen molar-refractivity contribution in [2.75, 3.05) is 5.32 Å². The van der Waals surface area contributed by atoms with Gasteiger partial charge in [0.25, 0.3) is 5.91 Å². The molecule has 2 N–H and O–H groups in total. The van der Waals surface area contributed by atoms with Crippen LogP contribution >= 0.6 is 0 Å². The van der Waals surface area contributed by atoms with E-state index in [0.29, 0.717) is 11.3 Å². The number of rotatable bonds is 6. The summed E-state index contributed by atoms with van der Waals surface area (Å²) in [6.07, 6.45) is 0.849. The quantitative estimate of drug-likeness (QED) is 0.803. The van der Waals surface area contributed by atoms with Crippen LogP contribution in [0.3, 0.4) is 0 Å². The molecule has 4 nitrogen and oxygen atoms in total. The fourth-order valence-corrected chi connectivity index (χ4v) is 2.45. The average Bonchev–Trinajstić information content (AvgIpc) is 2.62. The number of carbonyl (C=O) groups is 2. The first-order chi connectivity index (χ1) is 12.2. The molecular weight excluding hydrogens is 324 g/mol. The number of anilines is 1. The van der Waals surface area contributed by atoms with E-state index in [4.69, 9.17) is 0 Å². The van der Waals surface area contributed by atoms with E-state index in [0.717, 1.165) is 12.0 Å². The van der Waals surface area contributed by atoms with E-state index in [9.17, 15) is 9.59 Å². The van der Waals surface area contributed by atoms with Crippen molar-refractivity contribution in [3.8, 4) is 0 Å². The van der Waals surface area contributed by atoms with Crippen LogP contribution in [0.2, 0.25) is 0 Å². The van der Waals surface area contributed by atoms with E-state index in [2.05, 4.69) is 10.6 Å². The van der Waals surface area contributed by atoms with Crippen molar-refractivity contribution in [2.45, 2.75) is 52.0 Å². The summed E-state index contributed by atoms with van der Waals surface area (Å²) in [4.78, 5) is 25.0. The largest absolute Gasteiger partial charge is 0.347 e. The summed E-state index contributed by atoms with van der Waals surface area (Å²) in [5.41, 5.74) is 1.30. The second-order valence-electron chi connectivity index (χ2n) is 7.71. The maximum absolute atomic E-state index is 12.7. The van der Waals surface area contributed by atoms with Gasteiger partial charge in [-0.3, -0.25) is 9.59 Å². The molecule has 0 aliphatic carbocycles. The van der Waals surface area contributed by atoms with Gasteiger partial charge >= 0.3 is 0 Å². The SMILES string of the molecule is CCC(C)(C)NC(=O)c1ccc(NC(=O)C(C)(C)c2ccccc2)cc1. The molecule has 0 saturated carbocycles. The van der Waals surface area contributed by atoms with E-state index < -0.39 is 5.41 Å². The Labute approximate surface area is 156 Å². The van der Waals surface area contributed by atoms with E-state index in [1.165, 1.54) is 0 Å². The van der Waals surface area contributed by atoms with Crippen LogP contribution in [0, 0.1) is 0 Å². The Morgan fingerprint density at radius 1 is 0.885 bits per heavy atom. The lowest BCUT2D eigenvalue weighted by molar-refractivity contribution is -0.120. The molecule has 0 spiro atoms. The summed E-state index contributed by atoms with van der Waals surface area (Å²) in [7, 11) is 0. The Morgan fingerprint density at radius 3 is 2.00 bits per heavy atom. The predicted molar refractivity (Wildman–Crippen MR) is 106 cm³/mol. The molecule has 0 heterocycles. The second-order valence-corrected chi connectivity index (χ2v) is 7.71. The van der Waals surface area contributed by atoms with Crippen molar-refractivity contribution in [2.24, 2.45) is 0 Å². The van der Waals surface area contributed by atoms with Gasteiger partial charge in [0, 0.05) is 16.8 Å². The molecule has 0 saturated heterocycles. The Kier molecular flexibility index (Phi) is 5.86. The molecule has 138 valence electrons. The average molecular weight is 352 g/mol. The molecule has 0 unspecified atom stereocenters. The fraction of sp³-hybridized carbons (Fsp3) is 0.364. The maximum Gasteiger partial charge on any atom is 0.251 e. The van der Waals surface area contributed by atoms with E-state index >= 15 is 0 Å². The molecule has 2 aromatic carbocycles. The Balaban J connectivity index is 2.07. The highest BCUT2D eigenvalue weighted by Crippen LogP contribution is 2.25. The molecule has 0 aromatic heterocycles. The van der Waals surface area contributed by atoms with Crippen LogP contribution in [0.15, 0.2) is 54.6 Å². The zero-order chi connectivity index (χ0) is 19.4. The minimum Gasteiger partial charge on any atom is -0.347 e. The van der Waals surface area contributed by atoms with Gasteiger partial charge in [-0.2, -0.15) is 0 Å².